The van der Waals surface area contributed by atoms with Gasteiger partial charge in [0.15, 0.2) is 0 Å². The maximum Gasteiger partial charge on any atom is 0.219 e. The highest BCUT2D eigenvalue weighted by molar-refractivity contribution is 5.72. The molecular weight excluding hydrogens is 126 g/mol. The Morgan fingerprint density at radius 2 is 2.30 bits per heavy atom. The van der Waals surface area contributed by atoms with Gasteiger partial charge < -0.3 is 4.90 Å². The Labute approximate surface area is 62.5 Å². The molecule has 0 rings (SSSR count). The maximum atomic E-state index is 10.7. The van der Waals surface area contributed by atoms with Crippen LogP contribution in [0.2, 0.25) is 0 Å². The third kappa shape index (κ3) is 3.28. The van der Waals surface area contributed by atoms with Crippen LogP contribution >= 0.6 is 0 Å². The first kappa shape index (κ1) is 9.21. The van der Waals surface area contributed by atoms with Crippen molar-refractivity contribution in [3.8, 4) is 0 Å². The van der Waals surface area contributed by atoms with E-state index in [0.29, 0.717) is 5.92 Å². The molecule has 1 atom stereocenters. The van der Waals surface area contributed by atoms with E-state index in [4.69, 9.17) is 0 Å². The minimum atomic E-state index is 0.105. The average molecular weight is 141 g/mol. The SMILES string of the molecule is C=CC(C)CN(C)C(C)=O. The Bertz CT molecular complexity index is 131. The Morgan fingerprint density at radius 3 is 2.60 bits per heavy atom. The largest absolute Gasteiger partial charge is 0.345 e. The fraction of sp³-hybridized carbons (Fsp3) is 0.625. The minimum Gasteiger partial charge on any atom is -0.345 e. The first-order valence-corrected chi connectivity index (χ1v) is 3.42. The zero-order chi connectivity index (χ0) is 8.15. The van der Waals surface area contributed by atoms with Crippen LogP contribution < -0.4 is 0 Å². The number of nitrogens with zero attached hydrogens (tertiary/aromatic N) is 1. The molecule has 0 aliphatic heterocycles. The summed E-state index contributed by atoms with van der Waals surface area (Å²) in [4.78, 5) is 12.4. The van der Waals surface area contributed by atoms with E-state index >= 15 is 0 Å². The van der Waals surface area contributed by atoms with Crippen LogP contribution in [0.5, 0.6) is 0 Å². The summed E-state index contributed by atoms with van der Waals surface area (Å²) in [5.41, 5.74) is 0. The molecule has 0 radical (unpaired) electrons. The van der Waals surface area contributed by atoms with Crippen molar-refractivity contribution in [3.63, 3.8) is 0 Å². The third-order valence-electron chi connectivity index (χ3n) is 1.50. The molecule has 0 heterocycles. The zero-order valence-electron chi connectivity index (χ0n) is 6.92. The molecule has 0 N–H and O–H groups in total. The topological polar surface area (TPSA) is 20.3 Å². The Morgan fingerprint density at radius 1 is 1.80 bits per heavy atom. The number of hydrogen-bond acceptors (Lipinski definition) is 1. The highest BCUT2D eigenvalue weighted by atomic mass is 16.2. The van der Waals surface area contributed by atoms with Crippen LogP contribution in [0.3, 0.4) is 0 Å². The van der Waals surface area contributed by atoms with Crippen molar-refractivity contribution in [2.24, 2.45) is 5.92 Å². The molecule has 0 aliphatic rings. The Kier molecular flexibility index (Phi) is 3.77. The normalized spacial score (nSPS) is 12.3. The van der Waals surface area contributed by atoms with E-state index < -0.39 is 0 Å². The molecule has 0 aliphatic carbocycles. The van der Waals surface area contributed by atoms with Crippen LogP contribution in [0.1, 0.15) is 13.8 Å². The fourth-order valence-corrected chi connectivity index (χ4v) is 0.635. The van der Waals surface area contributed by atoms with Gasteiger partial charge in [0.25, 0.3) is 0 Å². The summed E-state index contributed by atoms with van der Waals surface area (Å²) in [5.74, 6) is 0.489. The van der Waals surface area contributed by atoms with Crippen molar-refractivity contribution in [2.45, 2.75) is 13.8 Å². The van der Waals surface area contributed by atoms with Crippen LogP contribution in [0.15, 0.2) is 12.7 Å². The lowest BCUT2D eigenvalue weighted by atomic mass is 10.2. The molecule has 0 spiro atoms. The van der Waals surface area contributed by atoms with Crippen molar-refractivity contribution < 1.29 is 4.79 Å². The van der Waals surface area contributed by atoms with Gasteiger partial charge in [-0.1, -0.05) is 13.0 Å². The second-order valence-corrected chi connectivity index (χ2v) is 2.61. The van der Waals surface area contributed by atoms with Gasteiger partial charge >= 0.3 is 0 Å². The summed E-state index contributed by atoms with van der Waals surface area (Å²) in [6.45, 7) is 8.00. The lowest BCUT2D eigenvalue weighted by Gasteiger charge is -2.17. The van der Waals surface area contributed by atoms with Gasteiger partial charge in [0, 0.05) is 20.5 Å². The number of hydrogen-bond donors (Lipinski definition) is 0. The predicted octanol–water partition coefficient (Wildman–Crippen LogP) is 1.29. The molecule has 0 aromatic rings. The summed E-state index contributed by atoms with van der Waals surface area (Å²) in [7, 11) is 1.79. The zero-order valence-corrected chi connectivity index (χ0v) is 6.92. The number of rotatable bonds is 3. The molecule has 2 nitrogen and oxygen atoms in total. The van der Waals surface area contributed by atoms with E-state index in [-0.39, 0.29) is 5.91 Å². The van der Waals surface area contributed by atoms with Gasteiger partial charge in [-0.25, -0.2) is 0 Å². The summed E-state index contributed by atoms with van der Waals surface area (Å²) < 4.78 is 0. The first-order chi connectivity index (χ1) is 4.57. The molecule has 1 unspecified atom stereocenters. The van der Waals surface area contributed by atoms with Crippen molar-refractivity contribution >= 4 is 5.91 Å². The summed E-state index contributed by atoms with van der Waals surface area (Å²) >= 11 is 0. The van der Waals surface area contributed by atoms with Crippen molar-refractivity contribution in [1.29, 1.82) is 0 Å². The summed E-state index contributed by atoms with van der Waals surface area (Å²) in [5, 5.41) is 0. The first-order valence-electron chi connectivity index (χ1n) is 3.42. The number of amides is 1. The van der Waals surface area contributed by atoms with Crippen LogP contribution in [0.4, 0.5) is 0 Å². The number of carbonyl (C=O) groups excluding carboxylic acids is 1. The quantitative estimate of drug-likeness (QED) is 0.542. The molecule has 0 bridgehead atoms. The van der Waals surface area contributed by atoms with Gasteiger partial charge in [-0.15, -0.1) is 6.58 Å². The average Bonchev–Trinajstić information content (AvgIpc) is 1.87. The molecule has 0 aromatic carbocycles. The lowest BCUT2D eigenvalue weighted by molar-refractivity contribution is -0.127. The lowest BCUT2D eigenvalue weighted by Crippen LogP contribution is -2.27. The van der Waals surface area contributed by atoms with Gasteiger partial charge in [0.2, 0.25) is 5.91 Å². The smallest absolute Gasteiger partial charge is 0.219 e. The van der Waals surface area contributed by atoms with Crippen LogP contribution in [0, 0.1) is 5.92 Å². The second-order valence-electron chi connectivity index (χ2n) is 2.61. The van der Waals surface area contributed by atoms with Crippen LogP contribution in [0.25, 0.3) is 0 Å². The predicted molar refractivity (Wildman–Crippen MR) is 42.7 cm³/mol. The Balaban J connectivity index is 3.67. The van der Waals surface area contributed by atoms with E-state index in [1.165, 1.54) is 0 Å². The minimum absolute atomic E-state index is 0.105. The molecule has 0 saturated carbocycles. The van der Waals surface area contributed by atoms with E-state index in [1.54, 1.807) is 18.9 Å². The van der Waals surface area contributed by atoms with E-state index in [9.17, 15) is 4.79 Å². The van der Waals surface area contributed by atoms with E-state index in [1.807, 2.05) is 13.0 Å². The molecular formula is C8H15NO. The Hall–Kier alpha value is -0.790. The molecule has 10 heavy (non-hydrogen) atoms. The second kappa shape index (κ2) is 4.09. The molecule has 1 amide bonds. The molecule has 58 valence electrons. The van der Waals surface area contributed by atoms with Crippen molar-refractivity contribution in [2.75, 3.05) is 13.6 Å². The van der Waals surface area contributed by atoms with Crippen molar-refractivity contribution in [3.05, 3.63) is 12.7 Å². The van der Waals surface area contributed by atoms with E-state index in [0.717, 1.165) is 6.54 Å². The molecule has 0 fully saturated rings. The van der Waals surface area contributed by atoms with Gasteiger partial charge in [-0.2, -0.15) is 0 Å². The van der Waals surface area contributed by atoms with Crippen molar-refractivity contribution in [1.82, 2.24) is 4.90 Å². The van der Waals surface area contributed by atoms with Crippen LogP contribution in [-0.4, -0.2) is 24.4 Å². The summed E-state index contributed by atoms with van der Waals surface area (Å²) in [6.07, 6.45) is 1.85. The molecule has 2 heteroatoms. The highest BCUT2D eigenvalue weighted by Crippen LogP contribution is 1.97. The molecule has 0 aromatic heterocycles. The highest BCUT2D eigenvalue weighted by Gasteiger charge is 2.03. The van der Waals surface area contributed by atoms with Gasteiger partial charge in [0.05, 0.1) is 0 Å². The van der Waals surface area contributed by atoms with Gasteiger partial charge in [-0.05, 0) is 5.92 Å². The fourth-order valence-electron chi connectivity index (χ4n) is 0.635. The third-order valence-corrected chi connectivity index (χ3v) is 1.50. The number of carbonyl (C=O) groups is 1. The maximum absolute atomic E-state index is 10.7. The van der Waals surface area contributed by atoms with E-state index in [2.05, 4.69) is 6.58 Å². The van der Waals surface area contributed by atoms with Gasteiger partial charge in [0.1, 0.15) is 0 Å². The van der Waals surface area contributed by atoms with Gasteiger partial charge in [-0.3, -0.25) is 4.79 Å². The molecule has 0 saturated heterocycles. The monoisotopic (exact) mass is 141 g/mol. The van der Waals surface area contributed by atoms with Crippen LogP contribution in [-0.2, 0) is 4.79 Å². The standard InChI is InChI=1S/C8H15NO/c1-5-7(2)6-9(4)8(3)10/h5,7H,1,6H2,2-4H3. The summed E-state index contributed by atoms with van der Waals surface area (Å²) in [6, 6.07) is 0.